The second-order valence-electron chi connectivity index (χ2n) is 6.81. The van der Waals surface area contributed by atoms with Crippen LogP contribution in [0.1, 0.15) is 53.4 Å². The Labute approximate surface area is 100 Å². The molecule has 94 valence electrons. The number of morpholine rings is 1. The highest BCUT2D eigenvalue weighted by Crippen LogP contribution is 2.38. The molecule has 0 radical (unpaired) electrons. The van der Waals surface area contributed by atoms with Crippen molar-refractivity contribution in [2.45, 2.75) is 64.5 Å². The summed E-state index contributed by atoms with van der Waals surface area (Å²) in [4.78, 5) is 2.60. The zero-order valence-corrected chi connectivity index (χ0v) is 11.4. The first-order valence-corrected chi connectivity index (χ1v) is 6.80. The van der Waals surface area contributed by atoms with Crippen LogP contribution < -0.4 is 0 Å². The smallest absolute Gasteiger partial charge is 0.0809 e. The van der Waals surface area contributed by atoms with Gasteiger partial charge in [0.15, 0.2) is 0 Å². The summed E-state index contributed by atoms with van der Waals surface area (Å²) in [5.74, 6) is 0.902. The maximum atomic E-state index is 6.14. The number of hydrogen-bond acceptors (Lipinski definition) is 2. The summed E-state index contributed by atoms with van der Waals surface area (Å²) in [5, 5.41) is 0. The van der Waals surface area contributed by atoms with Crippen LogP contribution in [0.3, 0.4) is 0 Å². The maximum Gasteiger partial charge on any atom is 0.0809 e. The van der Waals surface area contributed by atoms with Gasteiger partial charge < -0.3 is 4.74 Å². The second kappa shape index (κ2) is 4.30. The van der Waals surface area contributed by atoms with E-state index in [1.165, 1.54) is 25.7 Å². The molecular formula is C14H27NO. The average Bonchev–Trinajstić information content (AvgIpc) is 2.22. The van der Waals surface area contributed by atoms with E-state index in [-0.39, 0.29) is 5.60 Å². The van der Waals surface area contributed by atoms with Crippen LogP contribution >= 0.6 is 0 Å². The molecule has 1 heterocycles. The predicted octanol–water partition coefficient (Wildman–Crippen LogP) is 3.07. The van der Waals surface area contributed by atoms with Gasteiger partial charge in [-0.15, -0.1) is 0 Å². The van der Waals surface area contributed by atoms with Crippen LogP contribution in [0, 0.1) is 5.92 Å². The fourth-order valence-corrected chi connectivity index (χ4v) is 3.01. The van der Waals surface area contributed by atoms with Gasteiger partial charge in [0, 0.05) is 18.6 Å². The molecule has 2 nitrogen and oxygen atoms in total. The minimum atomic E-state index is 0.192. The molecular weight excluding hydrogens is 198 g/mol. The van der Waals surface area contributed by atoms with Gasteiger partial charge in [0.2, 0.25) is 0 Å². The van der Waals surface area contributed by atoms with E-state index in [0.717, 1.165) is 25.6 Å². The SMILES string of the molecule is CC1CCC2(CC1)CN(C(C)(C)C)CCO2. The van der Waals surface area contributed by atoms with Crippen LogP contribution in [-0.4, -0.2) is 35.7 Å². The molecule has 0 aromatic carbocycles. The molecule has 0 N–H and O–H groups in total. The maximum absolute atomic E-state index is 6.14. The summed E-state index contributed by atoms with van der Waals surface area (Å²) < 4.78 is 6.14. The third kappa shape index (κ3) is 2.60. The van der Waals surface area contributed by atoms with E-state index in [1.54, 1.807) is 0 Å². The average molecular weight is 225 g/mol. The highest BCUT2D eigenvalue weighted by Gasteiger charge is 2.41. The fraction of sp³-hybridized carbons (Fsp3) is 1.00. The largest absolute Gasteiger partial charge is 0.372 e. The Balaban J connectivity index is 2.01. The fourth-order valence-electron chi connectivity index (χ4n) is 3.01. The lowest BCUT2D eigenvalue weighted by Crippen LogP contribution is -2.58. The predicted molar refractivity (Wildman–Crippen MR) is 67.6 cm³/mol. The van der Waals surface area contributed by atoms with Crippen molar-refractivity contribution in [1.29, 1.82) is 0 Å². The van der Waals surface area contributed by atoms with Gasteiger partial charge in [-0.3, -0.25) is 4.90 Å². The van der Waals surface area contributed by atoms with Crippen molar-refractivity contribution in [3.8, 4) is 0 Å². The Bertz CT molecular complexity index is 236. The van der Waals surface area contributed by atoms with Gasteiger partial charge in [0.1, 0.15) is 0 Å². The van der Waals surface area contributed by atoms with Crippen LogP contribution in [0.2, 0.25) is 0 Å². The summed E-state index contributed by atoms with van der Waals surface area (Å²) in [6.45, 7) is 12.5. The molecule has 0 unspecified atom stereocenters. The zero-order valence-electron chi connectivity index (χ0n) is 11.4. The van der Waals surface area contributed by atoms with Crippen molar-refractivity contribution in [3.05, 3.63) is 0 Å². The van der Waals surface area contributed by atoms with E-state index in [9.17, 15) is 0 Å². The van der Waals surface area contributed by atoms with Crippen molar-refractivity contribution < 1.29 is 4.74 Å². The molecule has 0 aromatic rings. The van der Waals surface area contributed by atoms with E-state index in [1.807, 2.05) is 0 Å². The van der Waals surface area contributed by atoms with E-state index >= 15 is 0 Å². The quantitative estimate of drug-likeness (QED) is 0.628. The van der Waals surface area contributed by atoms with Crippen LogP contribution in [0.25, 0.3) is 0 Å². The summed E-state index contributed by atoms with van der Waals surface area (Å²) in [6, 6.07) is 0. The van der Waals surface area contributed by atoms with Gasteiger partial charge in [-0.2, -0.15) is 0 Å². The van der Waals surface area contributed by atoms with E-state index in [4.69, 9.17) is 4.74 Å². The Kier molecular flexibility index (Phi) is 3.33. The number of ether oxygens (including phenoxy) is 1. The first kappa shape index (κ1) is 12.4. The topological polar surface area (TPSA) is 12.5 Å². The van der Waals surface area contributed by atoms with Gasteiger partial charge in [-0.05, 0) is 52.4 Å². The first-order chi connectivity index (χ1) is 7.41. The Hall–Kier alpha value is -0.0800. The van der Waals surface area contributed by atoms with E-state index < -0.39 is 0 Å². The third-order valence-corrected chi connectivity index (χ3v) is 4.38. The highest BCUT2D eigenvalue weighted by atomic mass is 16.5. The van der Waals surface area contributed by atoms with Crippen LogP contribution in [0.15, 0.2) is 0 Å². The van der Waals surface area contributed by atoms with Crippen LogP contribution in [-0.2, 0) is 4.74 Å². The van der Waals surface area contributed by atoms with Crippen molar-refractivity contribution in [2.24, 2.45) is 5.92 Å². The molecule has 1 saturated carbocycles. The molecule has 1 aliphatic heterocycles. The minimum absolute atomic E-state index is 0.192. The third-order valence-electron chi connectivity index (χ3n) is 4.38. The van der Waals surface area contributed by atoms with Crippen molar-refractivity contribution in [3.63, 3.8) is 0 Å². The highest BCUT2D eigenvalue weighted by molar-refractivity contribution is 4.94. The first-order valence-electron chi connectivity index (χ1n) is 6.80. The molecule has 2 heteroatoms. The number of rotatable bonds is 0. The molecule has 2 fully saturated rings. The second-order valence-corrected chi connectivity index (χ2v) is 6.81. The molecule has 0 aromatic heterocycles. The van der Waals surface area contributed by atoms with Gasteiger partial charge in [-0.1, -0.05) is 6.92 Å². The van der Waals surface area contributed by atoms with Crippen LogP contribution in [0.5, 0.6) is 0 Å². The van der Waals surface area contributed by atoms with Crippen molar-refractivity contribution in [2.75, 3.05) is 19.7 Å². The lowest BCUT2D eigenvalue weighted by Gasteiger charge is -2.50. The normalized spacial score (nSPS) is 37.9. The molecule has 2 rings (SSSR count). The van der Waals surface area contributed by atoms with Crippen molar-refractivity contribution in [1.82, 2.24) is 4.90 Å². The summed E-state index contributed by atoms with van der Waals surface area (Å²) >= 11 is 0. The molecule has 0 amide bonds. The standard InChI is InChI=1S/C14H27NO/c1-12-5-7-14(8-6-12)11-15(9-10-16-14)13(2,3)4/h12H,5-11H2,1-4H3. The molecule has 1 spiro atoms. The number of nitrogens with zero attached hydrogens (tertiary/aromatic N) is 1. The Morgan fingerprint density at radius 2 is 1.81 bits per heavy atom. The van der Waals surface area contributed by atoms with Gasteiger partial charge in [0.25, 0.3) is 0 Å². The Morgan fingerprint density at radius 3 is 2.38 bits per heavy atom. The molecule has 16 heavy (non-hydrogen) atoms. The zero-order chi connectivity index (χ0) is 11.8. The lowest BCUT2D eigenvalue weighted by atomic mass is 9.78. The summed E-state index contributed by atoms with van der Waals surface area (Å²) in [7, 11) is 0. The monoisotopic (exact) mass is 225 g/mol. The molecule has 0 bridgehead atoms. The summed E-state index contributed by atoms with van der Waals surface area (Å²) in [5.41, 5.74) is 0.484. The lowest BCUT2D eigenvalue weighted by molar-refractivity contribution is -0.148. The summed E-state index contributed by atoms with van der Waals surface area (Å²) in [6.07, 6.45) is 5.22. The minimum Gasteiger partial charge on any atom is -0.372 e. The Morgan fingerprint density at radius 1 is 1.19 bits per heavy atom. The van der Waals surface area contributed by atoms with Gasteiger partial charge >= 0.3 is 0 Å². The van der Waals surface area contributed by atoms with Crippen molar-refractivity contribution >= 4 is 0 Å². The van der Waals surface area contributed by atoms with Gasteiger partial charge in [0.05, 0.1) is 12.2 Å². The number of hydrogen-bond donors (Lipinski definition) is 0. The van der Waals surface area contributed by atoms with Crippen LogP contribution in [0.4, 0.5) is 0 Å². The van der Waals surface area contributed by atoms with E-state index in [0.29, 0.717) is 5.54 Å². The molecule has 0 atom stereocenters. The van der Waals surface area contributed by atoms with Gasteiger partial charge in [-0.25, -0.2) is 0 Å². The molecule has 2 aliphatic rings. The van der Waals surface area contributed by atoms with E-state index in [2.05, 4.69) is 32.6 Å². The molecule has 1 aliphatic carbocycles. The molecule has 1 saturated heterocycles.